The predicted octanol–water partition coefficient (Wildman–Crippen LogP) is -1.12. The highest BCUT2D eigenvalue weighted by molar-refractivity contribution is 5.83. The number of amides is 1. The lowest BCUT2D eigenvalue weighted by Crippen LogP contribution is -2.47. The summed E-state index contributed by atoms with van der Waals surface area (Å²) in [6, 6.07) is -0.697. The fourth-order valence-electron chi connectivity index (χ4n) is 1.33. The molecule has 1 aromatic heterocycles. The molecule has 1 atom stereocenters. The second-order valence-electron chi connectivity index (χ2n) is 3.58. The molecule has 0 aliphatic rings. The van der Waals surface area contributed by atoms with Gasteiger partial charge in [0.1, 0.15) is 6.04 Å². The minimum atomic E-state index is -0.697. The Morgan fingerprint density at radius 1 is 1.56 bits per heavy atom. The molecule has 0 saturated heterocycles. The van der Waals surface area contributed by atoms with E-state index in [1.54, 1.807) is 0 Å². The Morgan fingerprint density at radius 2 is 2.33 bits per heavy atom. The first-order valence-electron chi connectivity index (χ1n) is 5.44. The van der Waals surface area contributed by atoms with E-state index in [2.05, 4.69) is 30.0 Å². The van der Waals surface area contributed by atoms with Crippen molar-refractivity contribution in [3.63, 3.8) is 0 Å². The van der Waals surface area contributed by atoms with Crippen LogP contribution in [0.3, 0.4) is 0 Å². The molecule has 1 aromatic rings. The number of carbonyl (C=O) groups excluding carboxylic acids is 2. The molecule has 1 amide bonds. The summed E-state index contributed by atoms with van der Waals surface area (Å²) in [6.45, 7) is 2.19. The Kier molecular flexibility index (Phi) is 5.78. The Hall–Kier alpha value is -1.96. The van der Waals surface area contributed by atoms with Gasteiger partial charge in [-0.05, 0) is 0 Å². The zero-order valence-electron chi connectivity index (χ0n) is 10.3. The van der Waals surface area contributed by atoms with Crippen LogP contribution < -0.4 is 10.6 Å². The number of hydrogen-bond acceptors (Lipinski definition) is 7. The van der Waals surface area contributed by atoms with Gasteiger partial charge in [0.05, 0.1) is 7.11 Å². The number of ether oxygens (including phenoxy) is 1. The van der Waals surface area contributed by atoms with Gasteiger partial charge in [-0.3, -0.25) is 4.79 Å². The molecule has 1 unspecified atom stereocenters. The summed E-state index contributed by atoms with van der Waals surface area (Å²) in [5.74, 6) is -0.195. The maximum atomic E-state index is 11.4. The van der Waals surface area contributed by atoms with Crippen LogP contribution in [0.4, 0.5) is 0 Å². The molecule has 0 saturated carbocycles. The van der Waals surface area contributed by atoms with Gasteiger partial charge in [0.25, 0.3) is 0 Å². The third-order valence-corrected chi connectivity index (χ3v) is 2.14. The van der Waals surface area contributed by atoms with E-state index in [0.717, 1.165) is 0 Å². The first-order valence-corrected chi connectivity index (χ1v) is 5.44. The fraction of sp³-hybridized carbons (Fsp3) is 0.600. The van der Waals surface area contributed by atoms with Gasteiger partial charge in [-0.15, -0.1) is 0 Å². The number of methoxy groups -OCH3 is 1. The van der Waals surface area contributed by atoms with Gasteiger partial charge >= 0.3 is 5.97 Å². The number of nitrogens with one attached hydrogen (secondary N) is 2. The number of hydrogen-bond donors (Lipinski definition) is 2. The van der Waals surface area contributed by atoms with Gasteiger partial charge in [0.15, 0.2) is 5.82 Å². The summed E-state index contributed by atoms with van der Waals surface area (Å²) in [4.78, 5) is 26.1. The van der Waals surface area contributed by atoms with Crippen molar-refractivity contribution in [3.8, 4) is 0 Å². The van der Waals surface area contributed by atoms with Crippen molar-refractivity contribution in [2.75, 3.05) is 20.2 Å². The molecule has 0 aromatic carbocycles. The molecule has 8 heteroatoms. The van der Waals surface area contributed by atoms with Crippen molar-refractivity contribution in [2.45, 2.75) is 19.4 Å². The van der Waals surface area contributed by atoms with E-state index in [-0.39, 0.29) is 12.5 Å². The van der Waals surface area contributed by atoms with E-state index in [1.165, 1.54) is 20.4 Å². The lowest BCUT2D eigenvalue weighted by molar-refractivity contribution is -0.144. The molecule has 2 N–H and O–H groups in total. The Labute approximate surface area is 104 Å². The topological polar surface area (TPSA) is 106 Å². The lowest BCUT2D eigenvalue weighted by atomic mass is 10.3. The van der Waals surface area contributed by atoms with Crippen LogP contribution in [0.5, 0.6) is 0 Å². The second-order valence-corrected chi connectivity index (χ2v) is 3.58. The molecule has 18 heavy (non-hydrogen) atoms. The summed E-state index contributed by atoms with van der Waals surface area (Å²) < 4.78 is 9.16. The fourth-order valence-corrected chi connectivity index (χ4v) is 1.33. The molecule has 0 aliphatic heterocycles. The van der Waals surface area contributed by atoms with Gasteiger partial charge in [0.2, 0.25) is 12.3 Å². The van der Waals surface area contributed by atoms with E-state index < -0.39 is 12.0 Å². The van der Waals surface area contributed by atoms with Crippen LogP contribution in [0.25, 0.3) is 0 Å². The second kappa shape index (κ2) is 7.38. The third kappa shape index (κ3) is 4.91. The first kappa shape index (κ1) is 14.1. The van der Waals surface area contributed by atoms with Crippen molar-refractivity contribution in [1.82, 2.24) is 20.8 Å². The van der Waals surface area contributed by atoms with Crippen molar-refractivity contribution < 1.29 is 18.8 Å². The summed E-state index contributed by atoms with van der Waals surface area (Å²) in [7, 11) is 1.27. The van der Waals surface area contributed by atoms with Crippen LogP contribution in [0.1, 0.15) is 12.7 Å². The zero-order valence-corrected chi connectivity index (χ0v) is 10.3. The lowest BCUT2D eigenvalue weighted by Gasteiger charge is -2.15. The van der Waals surface area contributed by atoms with E-state index in [9.17, 15) is 9.59 Å². The van der Waals surface area contributed by atoms with Crippen LogP contribution >= 0.6 is 0 Å². The smallest absolute Gasteiger partial charge is 0.329 e. The Morgan fingerprint density at radius 3 is 2.89 bits per heavy atom. The van der Waals surface area contributed by atoms with Gasteiger partial charge in [-0.25, -0.2) is 4.79 Å². The van der Waals surface area contributed by atoms with E-state index in [4.69, 9.17) is 0 Å². The van der Waals surface area contributed by atoms with Crippen molar-refractivity contribution in [1.29, 1.82) is 0 Å². The Balaban J connectivity index is 2.28. The number of rotatable bonds is 7. The Bertz CT molecular complexity index is 379. The predicted molar refractivity (Wildman–Crippen MR) is 60.5 cm³/mol. The van der Waals surface area contributed by atoms with Crippen molar-refractivity contribution in [2.24, 2.45) is 0 Å². The molecule has 0 aliphatic carbocycles. The zero-order chi connectivity index (χ0) is 13.4. The molecule has 8 nitrogen and oxygen atoms in total. The SMILES string of the molecule is COC(=O)C(CNCCc1ncon1)NC(C)=O. The normalized spacial score (nSPS) is 11.9. The minimum Gasteiger partial charge on any atom is -0.467 e. The first-order chi connectivity index (χ1) is 8.63. The van der Waals surface area contributed by atoms with Gasteiger partial charge < -0.3 is 19.9 Å². The minimum absolute atomic E-state index is 0.282. The van der Waals surface area contributed by atoms with E-state index in [0.29, 0.717) is 18.8 Å². The largest absolute Gasteiger partial charge is 0.467 e. The van der Waals surface area contributed by atoms with E-state index in [1.807, 2.05) is 0 Å². The summed E-state index contributed by atoms with van der Waals surface area (Å²) >= 11 is 0. The molecule has 100 valence electrons. The monoisotopic (exact) mass is 256 g/mol. The molecule has 0 bridgehead atoms. The van der Waals surface area contributed by atoms with E-state index >= 15 is 0 Å². The van der Waals surface area contributed by atoms with Crippen LogP contribution in [-0.2, 0) is 20.7 Å². The highest BCUT2D eigenvalue weighted by Gasteiger charge is 2.19. The molecule has 1 heterocycles. The maximum absolute atomic E-state index is 11.4. The number of aromatic nitrogens is 2. The molecule has 0 fully saturated rings. The van der Waals surface area contributed by atoms with Crippen LogP contribution in [0.15, 0.2) is 10.9 Å². The number of nitrogens with zero attached hydrogens (tertiary/aromatic N) is 2. The van der Waals surface area contributed by atoms with Crippen LogP contribution in [0.2, 0.25) is 0 Å². The van der Waals surface area contributed by atoms with Gasteiger partial charge in [0, 0.05) is 26.4 Å². The highest BCUT2D eigenvalue weighted by atomic mass is 16.5. The van der Waals surface area contributed by atoms with Crippen molar-refractivity contribution >= 4 is 11.9 Å². The van der Waals surface area contributed by atoms with Gasteiger partial charge in [-0.1, -0.05) is 5.16 Å². The molecule has 1 rings (SSSR count). The third-order valence-electron chi connectivity index (χ3n) is 2.14. The molecule has 0 radical (unpaired) electrons. The quantitative estimate of drug-likeness (QED) is 0.470. The number of carbonyl (C=O) groups is 2. The standard InChI is InChI=1S/C10H16N4O4/c1-7(15)13-8(10(16)17-2)5-11-4-3-9-12-6-18-14-9/h6,8,11H,3-5H2,1-2H3,(H,13,15). The molecular formula is C10H16N4O4. The number of esters is 1. The highest BCUT2D eigenvalue weighted by Crippen LogP contribution is 1.90. The average molecular weight is 256 g/mol. The molecular weight excluding hydrogens is 240 g/mol. The maximum Gasteiger partial charge on any atom is 0.329 e. The van der Waals surface area contributed by atoms with Gasteiger partial charge in [-0.2, -0.15) is 4.98 Å². The summed E-state index contributed by atoms with van der Waals surface area (Å²) in [5, 5.41) is 9.15. The average Bonchev–Trinajstić information content (AvgIpc) is 2.84. The summed E-state index contributed by atoms with van der Waals surface area (Å²) in [5.41, 5.74) is 0. The van der Waals surface area contributed by atoms with Crippen molar-refractivity contribution in [3.05, 3.63) is 12.2 Å². The molecule has 0 spiro atoms. The van der Waals surface area contributed by atoms with Crippen LogP contribution in [-0.4, -0.2) is 48.3 Å². The summed E-state index contributed by atoms with van der Waals surface area (Å²) in [6.07, 6.45) is 1.83. The van der Waals surface area contributed by atoms with Crippen LogP contribution in [0, 0.1) is 0 Å².